The summed E-state index contributed by atoms with van der Waals surface area (Å²) in [4.78, 5) is 0. The standard InChI is InChI=1S/C21H18O/c1-17-7-9-18(10-8-17)11-12-19-13-15-21(16-14-19)22-20-5-3-2-4-6-20/h2-16H,1H3/b12-11+. The lowest BCUT2D eigenvalue weighted by Gasteiger charge is -2.05. The Morgan fingerprint density at radius 1 is 0.591 bits per heavy atom. The zero-order chi connectivity index (χ0) is 15.2. The van der Waals surface area contributed by atoms with E-state index in [1.165, 1.54) is 11.1 Å². The van der Waals surface area contributed by atoms with E-state index >= 15 is 0 Å². The lowest BCUT2D eigenvalue weighted by atomic mass is 10.1. The molecular formula is C21H18O. The van der Waals surface area contributed by atoms with E-state index < -0.39 is 0 Å². The molecule has 108 valence electrons. The van der Waals surface area contributed by atoms with Crippen molar-refractivity contribution in [1.29, 1.82) is 0 Å². The molecule has 22 heavy (non-hydrogen) atoms. The molecule has 3 aromatic carbocycles. The Morgan fingerprint density at radius 2 is 1.09 bits per heavy atom. The van der Waals surface area contributed by atoms with E-state index in [0.717, 1.165) is 17.1 Å². The van der Waals surface area contributed by atoms with E-state index in [1.807, 2.05) is 42.5 Å². The van der Waals surface area contributed by atoms with Gasteiger partial charge in [-0.15, -0.1) is 0 Å². The van der Waals surface area contributed by atoms with Gasteiger partial charge in [-0.25, -0.2) is 0 Å². The minimum atomic E-state index is 0.846. The maximum Gasteiger partial charge on any atom is 0.127 e. The van der Waals surface area contributed by atoms with Gasteiger partial charge in [0.25, 0.3) is 0 Å². The van der Waals surface area contributed by atoms with Gasteiger partial charge in [-0.05, 0) is 42.3 Å². The summed E-state index contributed by atoms with van der Waals surface area (Å²) in [6.07, 6.45) is 4.23. The highest BCUT2D eigenvalue weighted by atomic mass is 16.5. The largest absolute Gasteiger partial charge is 0.457 e. The Hall–Kier alpha value is -2.80. The molecule has 0 bridgehead atoms. The molecule has 0 fully saturated rings. The van der Waals surface area contributed by atoms with Crippen LogP contribution < -0.4 is 4.74 Å². The monoisotopic (exact) mass is 286 g/mol. The highest BCUT2D eigenvalue weighted by Gasteiger charge is 1.96. The smallest absolute Gasteiger partial charge is 0.127 e. The zero-order valence-electron chi connectivity index (χ0n) is 12.6. The summed E-state index contributed by atoms with van der Waals surface area (Å²) >= 11 is 0. The van der Waals surface area contributed by atoms with Crippen molar-refractivity contribution in [3.8, 4) is 11.5 Å². The Kier molecular flexibility index (Phi) is 4.35. The minimum Gasteiger partial charge on any atom is -0.457 e. The Balaban J connectivity index is 1.67. The van der Waals surface area contributed by atoms with Crippen LogP contribution in [0.4, 0.5) is 0 Å². The van der Waals surface area contributed by atoms with Crippen LogP contribution in [-0.4, -0.2) is 0 Å². The fourth-order valence-electron chi connectivity index (χ4n) is 2.14. The van der Waals surface area contributed by atoms with Crippen molar-refractivity contribution in [3.63, 3.8) is 0 Å². The summed E-state index contributed by atoms with van der Waals surface area (Å²) in [6.45, 7) is 2.10. The van der Waals surface area contributed by atoms with Crippen LogP contribution in [-0.2, 0) is 0 Å². The fraction of sp³-hybridized carbons (Fsp3) is 0.0476. The average Bonchev–Trinajstić information content (AvgIpc) is 2.57. The lowest BCUT2D eigenvalue weighted by molar-refractivity contribution is 0.482. The molecule has 3 aromatic rings. The van der Waals surface area contributed by atoms with Gasteiger partial charge in [-0.3, -0.25) is 0 Å². The van der Waals surface area contributed by atoms with Gasteiger partial charge in [0.05, 0.1) is 0 Å². The molecule has 0 radical (unpaired) electrons. The first-order chi connectivity index (χ1) is 10.8. The average molecular weight is 286 g/mol. The van der Waals surface area contributed by atoms with Crippen LogP contribution in [0, 0.1) is 6.92 Å². The number of para-hydroxylation sites is 1. The quantitative estimate of drug-likeness (QED) is 0.538. The Labute approximate surface area is 131 Å². The molecule has 0 atom stereocenters. The van der Waals surface area contributed by atoms with Gasteiger partial charge in [-0.1, -0.05) is 72.3 Å². The first-order valence-electron chi connectivity index (χ1n) is 7.37. The molecule has 0 aliphatic heterocycles. The second-order valence-electron chi connectivity index (χ2n) is 5.23. The van der Waals surface area contributed by atoms with Crippen molar-refractivity contribution in [2.45, 2.75) is 6.92 Å². The van der Waals surface area contributed by atoms with E-state index in [-0.39, 0.29) is 0 Å². The van der Waals surface area contributed by atoms with Crippen molar-refractivity contribution in [2.75, 3.05) is 0 Å². The first kappa shape index (κ1) is 14.2. The maximum absolute atomic E-state index is 5.79. The molecular weight excluding hydrogens is 268 g/mol. The molecule has 0 spiro atoms. The summed E-state index contributed by atoms with van der Waals surface area (Å²) in [6, 6.07) is 26.4. The summed E-state index contributed by atoms with van der Waals surface area (Å²) in [5, 5.41) is 0. The number of ether oxygens (including phenoxy) is 1. The van der Waals surface area contributed by atoms with Crippen molar-refractivity contribution < 1.29 is 4.74 Å². The van der Waals surface area contributed by atoms with Gasteiger partial charge in [0.15, 0.2) is 0 Å². The first-order valence-corrected chi connectivity index (χ1v) is 7.37. The van der Waals surface area contributed by atoms with Gasteiger partial charge in [0.1, 0.15) is 11.5 Å². The maximum atomic E-state index is 5.79. The normalized spacial score (nSPS) is 10.8. The molecule has 0 aromatic heterocycles. The van der Waals surface area contributed by atoms with E-state index in [1.54, 1.807) is 0 Å². The molecule has 3 rings (SSSR count). The van der Waals surface area contributed by atoms with Crippen LogP contribution in [0.25, 0.3) is 12.2 Å². The summed E-state index contributed by atoms with van der Waals surface area (Å²) in [5.74, 6) is 1.70. The van der Waals surface area contributed by atoms with Crippen LogP contribution in [0.5, 0.6) is 11.5 Å². The molecule has 0 aliphatic carbocycles. The third-order valence-electron chi connectivity index (χ3n) is 3.40. The molecule has 0 saturated carbocycles. The molecule has 1 nitrogen and oxygen atoms in total. The number of hydrogen-bond donors (Lipinski definition) is 0. The SMILES string of the molecule is Cc1ccc(/C=C/c2ccc(Oc3ccccc3)cc2)cc1. The molecule has 0 amide bonds. The number of aryl methyl sites for hydroxylation is 1. The van der Waals surface area contributed by atoms with Gasteiger partial charge < -0.3 is 4.74 Å². The molecule has 0 heterocycles. The predicted octanol–water partition coefficient (Wildman–Crippen LogP) is 5.96. The number of hydrogen-bond acceptors (Lipinski definition) is 1. The molecule has 1 heteroatoms. The van der Waals surface area contributed by atoms with Crippen molar-refractivity contribution in [2.24, 2.45) is 0 Å². The second-order valence-corrected chi connectivity index (χ2v) is 5.23. The summed E-state index contributed by atoms with van der Waals surface area (Å²) in [7, 11) is 0. The van der Waals surface area contributed by atoms with Crippen LogP contribution >= 0.6 is 0 Å². The predicted molar refractivity (Wildman–Crippen MR) is 93.1 cm³/mol. The minimum absolute atomic E-state index is 0.846. The summed E-state index contributed by atoms with van der Waals surface area (Å²) in [5.41, 5.74) is 3.63. The number of rotatable bonds is 4. The molecule has 0 saturated heterocycles. The summed E-state index contributed by atoms with van der Waals surface area (Å²) < 4.78 is 5.79. The van der Waals surface area contributed by atoms with Crippen molar-refractivity contribution in [1.82, 2.24) is 0 Å². The van der Waals surface area contributed by atoms with Crippen LogP contribution in [0.1, 0.15) is 16.7 Å². The van der Waals surface area contributed by atoms with Crippen LogP contribution in [0.2, 0.25) is 0 Å². The highest BCUT2D eigenvalue weighted by molar-refractivity contribution is 5.69. The number of benzene rings is 3. The second kappa shape index (κ2) is 6.77. The third-order valence-corrected chi connectivity index (χ3v) is 3.40. The lowest BCUT2D eigenvalue weighted by Crippen LogP contribution is -1.83. The zero-order valence-corrected chi connectivity index (χ0v) is 12.6. The van der Waals surface area contributed by atoms with Crippen molar-refractivity contribution >= 4 is 12.2 Å². The fourth-order valence-corrected chi connectivity index (χ4v) is 2.14. The van der Waals surface area contributed by atoms with Gasteiger partial charge >= 0.3 is 0 Å². The van der Waals surface area contributed by atoms with Gasteiger partial charge in [0, 0.05) is 0 Å². The third kappa shape index (κ3) is 3.86. The van der Waals surface area contributed by atoms with Crippen LogP contribution in [0.15, 0.2) is 78.9 Å². The van der Waals surface area contributed by atoms with E-state index in [2.05, 4.69) is 55.5 Å². The topological polar surface area (TPSA) is 9.23 Å². The molecule has 0 aliphatic rings. The molecule has 0 N–H and O–H groups in total. The van der Waals surface area contributed by atoms with Gasteiger partial charge in [0.2, 0.25) is 0 Å². The highest BCUT2D eigenvalue weighted by Crippen LogP contribution is 2.21. The van der Waals surface area contributed by atoms with Crippen molar-refractivity contribution in [3.05, 3.63) is 95.6 Å². The molecule has 0 unspecified atom stereocenters. The van der Waals surface area contributed by atoms with E-state index in [9.17, 15) is 0 Å². The van der Waals surface area contributed by atoms with E-state index in [4.69, 9.17) is 4.74 Å². The van der Waals surface area contributed by atoms with E-state index in [0.29, 0.717) is 0 Å². The van der Waals surface area contributed by atoms with Crippen LogP contribution in [0.3, 0.4) is 0 Å². The Bertz CT molecular complexity index is 738. The van der Waals surface area contributed by atoms with Gasteiger partial charge in [-0.2, -0.15) is 0 Å². The Morgan fingerprint density at radius 3 is 1.68 bits per heavy atom.